The highest BCUT2D eigenvalue weighted by atomic mass is 79.9. The molecule has 0 saturated carbocycles. The SMILES string of the molecule is O=C1NC(COc2ccccc2)=N/C1=C/c1ccc(Br)cc1. The molecule has 0 atom stereocenters. The van der Waals surface area contributed by atoms with Crippen LogP contribution in [0.1, 0.15) is 5.56 Å². The number of amidine groups is 1. The van der Waals surface area contributed by atoms with Crippen LogP contribution in [0.5, 0.6) is 5.75 Å². The Morgan fingerprint density at radius 3 is 2.55 bits per heavy atom. The van der Waals surface area contributed by atoms with Gasteiger partial charge in [0.2, 0.25) is 0 Å². The van der Waals surface area contributed by atoms with Crippen molar-refractivity contribution in [1.29, 1.82) is 0 Å². The molecular formula is C17H13BrN2O2. The lowest BCUT2D eigenvalue weighted by Crippen LogP contribution is -2.28. The van der Waals surface area contributed by atoms with E-state index in [0.717, 1.165) is 15.8 Å². The van der Waals surface area contributed by atoms with Gasteiger partial charge in [-0.1, -0.05) is 46.3 Å². The van der Waals surface area contributed by atoms with Crippen LogP contribution in [0.3, 0.4) is 0 Å². The first-order valence-electron chi connectivity index (χ1n) is 6.75. The minimum absolute atomic E-state index is 0.213. The first-order chi connectivity index (χ1) is 10.7. The number of hydrogen-bond donors (Lipinski definition) is 1. The van der Waals surface area contributed by atoms with Gasteiger partial charge in [-0.3, -0.25) is 4.79 Å². The zero-order valence-corrected chi connectivity index (χ0v) is 13.2. The van der Waals surface area contributed by atoms with Crippen molar-refractivity contribution in [2.45, 2.75) is 0 Å². The molecule has 1 heterocycles. The van der Waals surface area contributed by atoms with E-state index >= 15 is 0 Å². The maximum Gasteiger partial charge on any atom is 0.275 e. The highest BCUT2D eigenvalue weighted by Crippen LogP contribution is 2.16. The number of benzene rings is 2. The molecule has 1 aliphatic rings. The second-order valence-corrected chi connectivity index (χ2v) is 5.61. The Morgan fingerprint density at radius 2 is 1.82 bits per heavy atom. The van der Waals surface area contributed by atoms with E-state index < -0.39 is 0 Å². The van der Waals surface area contributed by atoms with Crippen LogP contribution in [0.25, 0.3) is 6.08 Å². The Morgan fingerprint density at radius 1 is 1.09 bits per heavy atom. The number of aliphatic imine (C=N–C) groups is 1. The molecule has 0 aliphatic carbocycles. The summed E-state index contributed by atoms with van der Waals surface area (Å²) in [6, 6.07) is 17.1. The van der Waals surface area contributed by atoms with E-state index in [-0.39, 0.29) is 12.5 Å². The van der Waals surface area contributed by atoms with E-state index in [4.69, 9.17) is 4.74 Å². The van der Waals surface area contributed by atoms with Gasteiger partial charge in [0.25, 0.3) is 5.91 Å². The molecule has 5 heteroatoms. The second-order valence-electron chi connectivity index (χ2n) is 4.70. The maximum atomic E-state index is 11.9. The van der Waals surface area contributed by atoms with Gasteiger partial charge < -0.3 is 10.1 Å². The van der Waals surface area contributed by atoms with Gasteiger partial charge in [0.15, 0.2) is 0 Å². The van der Waals surface area contributed by atoms with Crippen molar-refractivity contribution in [2.75, 3.05) is 6.61 Å². The molecule has 2 aromatic carbocycles. The summed E-state index contributed by atoms with van der Waals surface area (Å²) in [6.45, 7) is 0.230. The lowest BCUT2D eigenvalue weighted by molar-refractivity contribution is -0.115. The summed E-state index contributed by atoms with van der Waals surface area (Å²) >= 11 is 3.38. The number of rotatable bonds is 4. The van der Waals surface area contributed by atoms with Gasteiger partial charge in [-0.05, 0) is 35.9 Å². The summed E-state index contributed by atoms with van der Waals surface area (Å²) in [5.41, 5.74) is 1.30. The molecule has 2 aromatic rings. The predicted molar refractivity (Wildman–Crippen MR) is 89.6 cm³/mol. The summed E-state index contributed by atoms with van der Waals surface area (Å²) in [6.07, 6.45) is 1.75. The summed E-state index contributed by atoms with van der Waals surface area (Å²) in [5.74, 6) is 1.04. The average Bonchev–Trinajstić information content (AvgIpc) is 2.89. The topological polar surface area (TPSA) is 50.7 Å². The van der Waals surface area contributed by atoms with Gasteiger partial charge in [-0.2, -0.15) is 0 Å². The maximum absolute atomic E-state index is 11.9. The number of para-hydroxylation sites is 1. The Kier molecular flexibility index (Phi) is 4.34. The molecule has 1 amide bonds. The van der Waals surface area contributed by atoms with Crippen LogP contribution in [0.4, 0.5) is 0 Å². The van der Waals surface area contributed by atoms with Crippen molar-refractivity contribution < 1.29 is 9.53 Å². The molecule has 0 bridgehead atoms. The molecule has 0 fully saturated rings. The van der Waals surface area contributed by atoms with E-state index in [1.165, 1.54) is 0 Å². The van der Waals surface area contributed by atoms with Crippen molar-refractivity contribution in [2.24, 2.45) is 4.99 Å². The third kappa shape index (κ3) is 3.62. The quantitative estimate of drug-likeness (QED) is 0.853. The van der Waals surface area contributed by atoms with Crippen LogP contribution >= 0.6 is 15.9 Å². The zero-order valence-electron chi connectivity index (χ0n) is 11.6. The van der Waals surface area contributed by atoms with Gasteiger partial charge in [0.05, 0.1) is 0 Å². The van der Waals surface area contributed by atoms with Gasteiger partial charge in [-0.15, -0.1) is 0 Å². The highest BCUT2D eigenvalue weighted by Gasteiger charge is 2.20. The lowest BCUT2D eigenvalue weighted by Gasteiger charge is -2.04. The Labute approximate surface area is 136 Å². The molecule has 1 N–H and O–H groups in total. The molecule has 0 aromatic heterocycles. The van der Waals surface area contributed by atoms with Gasteiger partial charge >= 0.3 is 0 Å². The minimum atomic E-state index is -0.213. The van der Waals surface area contributed by atoms with E-state index in [1.54, 1.807) is 6.08 Å². The van der Waals surface area contributed by atoms with Crippen LogP contribution in [-0.2, 0) is 4.79 Å². The van der Waals surface area contributed by atoms with Crippen LogP contribution in [0.15, 0.2) is 69.8 Å². The third-order valence-electron chi connectivity index (χ3n) is 3.04. The molecule has 0 unspecified atom stereocenters. The molecular weight excluding hydrogens is 344 g/mol. The van der Waals surface area contributed by atoms with Crippen molar-refractivity contribution in [1.82, 2.24) is 5.32 Å². The molecule has 0 spiro atoms. The Balaban J connectivity index is 1.70. The zero-order chi connectivity index (χ0) is 15.4. The fourth-order valence-electron chi connectivity index (χ4n) is 1.97. The number of amides is 1. The normalized spacial score (nSPS) is 15.6. The molecule has 110 valence electrons. The standard InChI is InChI=1S/C17H13BrN2O2/c18-13-8-6-12(7-9-13)10-15-17(21)20-16(19-15)11-22-14-4-2-1-3-5-14/h1-10H,11H2,(H,19,20,21)/b15-10+. The van der Waals surface area contributed by atoms with Crippen LogP contribution in [-0.4, -0.2) is 18.3 Å². The van der Waals surface area contributed by atoms with Crippen molar-refractivity contribution in [3.05, 3.63) is 70.3 Å². The lowest BCUT2D eigenvalue weighted by atomic mass is 10.2. The molecule has 4 nitrogen and oxygen atoms in total. The largest absolute Gasteiger partial charge is 0.486 e. The van der Waals surface area contributed by atoms with E-state index in [2.05, 4.69) is 26.2 Å². The van der Waals surface area contributed by atoms with Crippen molar-refractivity contribution >= 4 is 33.7 Å². The summed E-state index contributed by atoms with van der Waals surface area (Å²) in [7, 11) is 0. The monoisotopic (exact) mass is 356 g/mol. The first-order valence-corrected chi connectivity index (χ1v) is 7.54. The summed E-state index contributed by atoms with van der Waals surface area (Å²) in [4.78, 5) is 16.2. The molecule has 0 saturated heterocycles. The van der Waals surface area contributed by atoms with Crippen molar-refractivity contribution in [3.8, 4) is 5.75 Å². The number of carbonyl (C=O) groups is 1. The number of ether oxygens (including phenoxy) is 1. The van der Waals surface area contributed by atoms with E-state index in [0.29, 0.717) is 11.5 Å². The number of nitrogens with zero attached hydrogens (tertiary/aromatic N) is 1. The summed E-state index contributed by atoms with van der Waals surface area (Å²) < 4.78 is 6.57. The van der Waals surface area contributed by atoms with Crippen LogP contribution in [0.2, 0.25) is 0 Å². The fraction of sp³-hybridized carbons (Fsp3) is 0.0588. The highest BCUT2D eigenvalue weighted by molar-refractivity contribution is 9.10. The average molecular weight is 357 g/mol. The smallest absolute Gasteiger partial charge is 0.275 e. The van der Waals surface area contributed by atoms with E-state index in [9.17, 15) is 4.79 Å². The number of nitrogens with one attached hydrogen (secondary N) is 1. The Hall–Kier alpha value is -2.40. The molecule has 0 radical (unpaired) electrons. The number of hydrogen-bond acceptors (Lipinski definition) is 3. The van der Waals surface area contributed by atoms with Crippen LogP contribution < -0.4 is 10.1 Å². The number of carbonyl (C=O) groups excluding carboxylic acids is 1. The Bertz CT molecular complexity index is 737. The second kappa shape index (κ2) is 6.58. The van der Waals surface area contributed by atoms with Gasteiger partial charge in [0, 0.05) is 4.47 Å². The van der Waals surface area contributed by atoms with Crippen LogP contribution in [0, 0.1) is 0 Å². The number of halogens is 1. The van der Waals surface area contributed by atoms with Gasteiger partial charge in [-0.25, -0.2) is 4.99 Å². The first kappa shape index (κ1) is 14.5. The third-order valence-corrected chi connectivity index (χ3v) is 3.57. The van der Waals surface area contributed by atoms with E-state index in [1.807, 2.05) is 54.6 Å². The molecule has 3 rings (SSSR count). The van der Waals surface area contributed by atoms with Gasteiger partial charge in [0.1, 0.15) is 23.9 Å². The minimum Gasteiger partial charge on any atom is -0.486 e. The molecule has 1 aliphatic heterocycles. The van der Waals surface area contributed by atoms with Crippen molar-refractivity contribution in [3.63, 3.8) is 0 Å². The predicted octanol–water partition coefficient (Wildman–Crippen LogP) is 3.40. The molecule has 22 heavy (non-hydrogen) atoms. The summed E-state index contributed by atoms with van der Waals surface area (Å²) in [5, 5.41) is 2.71. The fourth-order valence-corrected chi connectivity index (χ4v) is 2.24.